The molecular formula is C34H24N4O8S2. The van der Waals surface area contributed by atoms with Gasteiger partial charge in [0.05, 0.1) is 22.8 Å². The van der Waals surface area contributed by atoms with Gasteiger partial charge in [-0.05, 0) is 59.7 Å². The predicted molar refractivity (Wildman–Crippen MR) is 182 cm³/mol. The third kappa shape index (κ3) is 6.82. The minimum atomic E-state index is -4.76. The van der Waals surface area contributed by atoms with Crippen molar-refractivity contribution < 1.29 is 35.5 Å². The number of rotatable bonds is 8. The third-order valence-corrected chi connectivity index (χ3v) is 9.18. The number of hydrazone groups is 2. The van der Waals surface area contributed by atoms with Crippen molar-refractivity contribution in [3.63, 3.8) is 0 Å². The van der Waals surface area contributed by atoms with E-state index in [0.717, 1.165) is 12.1 Å². The second kappa shape index (κ2) is 12.8. The van der Waals surface area contributed by atoms with E-state index in [9.17, 15) is 35.5 Å². The van der Waals surface area contributed by atoms with Gasteiger partial charge in [-0.3, -0.25) is 29.5 Å². The summed E-state index contributed by atoms with van der Waals surface area (Å²) in [6.45, 7) is 0. The molecule has 2 aliphatic carbocycles. The molecule has 0 aromatic heterocycles. The molecule has 0 bridgehead atoms. The Kier molecular flexibility index (Phi) is 8.56. The van der Waals surface area contributed by atoms with Gasteiger partial charge in [0.2, 0.25) is 0 Å². The van der Waals surface area contributed by atoms with Crippen molar-refractivity contribution in [2.45, 2.75) is 9.79 Å². The first-order valence-electron chi connectivity index (χ1n) is 14.1. The quantitative estimate of drug-likeness (QED) is 0.105. The average molecular weight is 681 g/mol. The summed E-state index contributed by atoms with van der Waals surface area (Å²) in [5, 5.41) is 8.57. The summed E-state index contributed by atoms with van der Waals surface area (Å²) in [6, 6.07) is 21.7. The Morgan fingerprint density at radius 1 is 0.521 bits per heavy atom. The molecule has 4 N–H and O–H groups in total. The highest BCUT2D eigenvalue weighted by Gasteiger charge is 2.20. The number of benzene rings is 4. The average Bonchev–Trinajstić information content (AvgIpc) is 3.06. The summed E-state index contributed by atoms with van der Waals surface area (Å²) < 4.78 is 69.2. The topological polar surface area (TPSA) is 192 Å². The molecule has 0 fully saturated rings. The first kappa shape index (κ1) is 32.2. The molecule has 0 radical (unpaired) electrons. The van der Waals surface area contributed by atoms with Crippen molar-refractivity contribution >= 4 is 66.8 Å². The molecule has 4 aromatic carbocycles. The van der Waals surface area contributed by atoms with E-state index in [1.165, 1.54) is 60.7 Å². The van der Waals surface area contributed by atoms with Crippen molar-refractivity contribution in [2.75, 3.05) is 10.9 Å². The van der Waals surface area contributed by atoms with Gasteiger partial charge in [0, 0.05) is 22.3 Å². The summed E-state index contributed by atoms with van der Waals surface area (Å²) in [5.74, 6) is -0.346. The van der Waals surface area contributed by atoms with Crippen LogP contribution in [0.25, 0.3) is 12.2 Å². The highest BCUT2D eigenvalue weighted by molar-refractivity contribution is 7.86. The Morgan fingerprint density at radius 2 is 0.896 bits per heavy atom. The van der Waals surface area contributed by atoms with Crippen molar-refractivity contribution in [1.29, 1.82) is 0 Å². The molecule has 6 rings (SSSR count). The van der Waals surface area contributed by atoms with Gasteiger partial charge in [-0.15, -0.1) is 0 Å². The second-order valence-corrected chi connectivity index (χ2v) is 13.3. The standard InChI is InChI=1S/C34H24N4O8S2/c39-31-17-15-29(25-5-1-3-7-27(25)31)37-35-23-13-11-21(33(19-23)47(41,42)43)9-10-22-12-14-24(20-34(22)48(44,45)46)36-38-30-16-18-32(40)28-8-4-2-6-26(28)30/h1-20,35-36H,(H,41,42,43)(H,44,45,46). The van der Waals surface area contributed by atoms with Crippen LogP contribution >= 0.6 is 0 Å². The van der Waals surface area contributed by atoms with Crippen molar-refractivity contribution in [3.05, 3.63) is 143 Å². The fourth-order valence-electron chi connectivity index (χ4n) is 5.07. The number of hydrogen-bond donors (Lipinski definition) is 4. The molecular weight excluding hydrogens is 657 g/mol. The summed E-state index contributed by atoms with van der Waals surface area (Å²) in [6.07, 6.45) is 8.31. The van der Waals surface area contributed by atoms with Gasteiger partial charge in [0.15, 0.2) is 11.6 Å². The van der Waals surface area contributed by atoms with Crippen LogP contribution in [0.3, 0.4) is 0 Å². The van der Waals surface area contributed by atoms with Crippen molar-refractivity contribution in [3.8, 4) is 0 Å². The van der Waals surface area contributed by atoms with Gasteiger partial charge in [0.1, 0.15) is 9.79 Å². The van der Waals surface area contributed by atoms with E-state index in [0.29, 0.717) is 33.7 Å². The minimum Gasteiger partial charge on any atom is -0.289 e. The number of ketones is 2. The van der Waals surface area contributed by atoms with Crippen LogP contribution in [0.5, 0.6) is 0 Å². The fourth-order valence-corrected chi connectivity index (χ4v) is 6.48. The summed E-state index contributed by atoms with van der Waals surface area (Å²) >= 11 is 0. The first-order valence-corrected chi connectivity index (χ1v) is 17.0. The van der Waals surface area contributed by atoms with Crippen LogP contribution in [-0.2, 0) is 20.2 Å². The normalized spacial score (nSPS) is 16.0. The fraction of sp³-hybridized carbons (Fsp3) is 0. The number of nitrogens with one attached hydrogen (secondary N) is 2. The maximum absolute atomic E-state index is 12.3. The predicted octanol–water partition coefficient (Wildman–Crippen LogP) is 5.49. The van der Waals surface area contributed by atoms with Crippen LogP contribution in [0.2, 0.25) is 0 Å². The number of allylic oxidation sites excluding steroid dienone is 4. The highest BCUT2D eigenvalue weighted by atomic mass is 32.2. The summed E-state index contributed by atoms with van der Waals surface area (Å²) in [4.78, 5) is 23.3. The van der Waals surface area contributed by atoms with Crippen LogP contribution in [-0.4, -0.2) is 48.9 Å². The second-order valence-electron chi connectivity index (χ2n) is 10.5. The maximum atomic E-state index is 12.3. The number of hydrogen-bond acceptors (Lipinski definition) is 10. The zero-order valence-corrected chi connectivity index (χ0v) is 26.2. The van der Waals surface area contributed by atoms with Gasteiger partial charge in [0.25, 0.3) is 20.2 Å². The van der Waals surface area contributed by atoms with Crippen LogP contribution in [0.1, 0.15) is 43.0 Å². The van der Waals surface area contributed by atoms with E-state index in [4.69, 9.17) is 0 Å². The Balaban J connectivity index is 1.27. The van der Waals surface area contributed by atoms with Crippen LogP contribution in [0.15, 0.2) is 129 Å². The molecule has 2 aliphatic rings. The van der Waals surface area contributed by atoms with Crippen LogP contribution in [0.4, 0.5) is 11.4 Å². The lowest BCUT2D eigenvalue weighted by atomic mass is 9.94. The van der Waals surface area contributed by atoms with Gasteiger partial charge >= 0.3 is 0 Å². The smallest absolute Gasteiger partial charge is 0.289 e. The molecule has 0 heterocycles. The lowest BCUT2D eigenvalue weighted by Gasteiger charge is -2.13. The highest BCUT2D eigenvalue weighted by Crippen LogP contribution is 2.27. The van der Waals surface area contributed by atoms with E-state index in [-0.39, 0.29) is 34.1 Å². The van der Waals surface area contributed by atoms with E-state index in [1.54, 1.807) is 48.5 Å². The Bertz CT molecular complexity index is 2230. The van der Waals surface area contributed by atoms with E-state index >= 15 is 0 Å². The monoisotopic (exact) mass is 680 g/mol. The Morgan fingerprint density at radius 3 is 1.27 bits per heavy atom. The molecule has 14 heteroatoms. The number of carbonyl (C=O) groups excluding carboxylic acids is 2. The van der Waals surface area contributed by atoms with E-state index in [1.807, 2.05) is 0 Å². The van der Waals surface area contributed by atoms with Crippen molar-refractivity contribution in [2.24, 2.45) is 10.2 Å². The minimum absolute atomic E-state index is 0.0106. The van der Waals surface area contributed by atoms with Gasteiger partial charge < -0.3 is 0 Å². The van der Waals surface area contributed by atoms with Crippen LogP contribution in [0, 0.1) is 0 Å². The zero-order valence-electron chi connectivity index (χ0n) is 24.6. The number of carbonyl (C=O) groups is 2. The van der Waals surface area contributed by atoms with E-state index < -0.39 is 30.0 Å². The zero-order chi connectivity index (χ0) is 34.1. The molecule has 240 valence electrons. The third-order valence-electron chi connectivity index (χ3n) is 7.36. The molecule has 0 aliphatic heterocycles. The number of anilines is 2. The molecule has 0 amide bonds. The molecule has 0 saturated heterocycles. The van der Waals surface area contributed by atoms with Gasteiger partial charge in [-0.1, -0.05) is 72.8 Å². The number of nitrogens with zero attached hydrogens (tertiary/aromatic N) is 2. The molecule has 0 spiro atoms. The summed E-state index contributed by atoms with van der Waals surface area (Å²) in [7, 11) is -9.53. The molecule has 48 heavy (non-hydrogen) atoms. The molecule has 12 nitrogen and oxygen atoms in total. The summed E-state index contributed by atoms with van der Waals surface area (Å²) in [5.41, 5.74) is 8.85. The van der Waals surface area contributed by atoms with Crippen molar-refractivity contribution in [1.82, 2.24) is 0 Å². The largest absolute Gasteiger partial charge is 0.295 e. The SMILES string of the molecule is O=C1C=CC(=NNc2ccc(C=Cc3ccc(NN=C4C=CC(=O)c5ccccc54)cc3S(=O)(=O)O)c(S(=O)(=O)O)c2)c2ccccc21. The molecule has 0 atom stereocenters. The van der Waals surface area contributed by atoms with E-state index in [2.05, 4.69) is 21.1 Å². The first-order chi connectivity index (χ1) is 22.9. The molecule has 4 aromatic rings. The molecule has 0 saturated carbocycles. The lowest BCUT2D eigenvalue weighted by molar-refractivity contribution is 0.103. The maximum Gasteiger partial charge on any atom is 0.295 e. The lowest BCUT2D eigenvalue weighted by Crippen LogP contribution is -2.13. The number of fused-ring (bicyclic) bond motifs is 2. The van der Waals surface area contributed by atoms with Gasteiger partial charge in [-0.2, -0.15) is 27.0 Å². The van der Waals surface area contributed by atoms with Crippen LogP contribution < -0.4 is 10.9 Å². The molecule has 0 unspecified atom stereocenters. The van der Waals surface area contributed by atoms with Gasteiger partial charge in [-0.25, -0.2) is 0 Å². The Labute approximate surface area is 275 Å². The Hall–Kier alpha value is -5.80.